The molecule has 1 aromatic carbocycles. The van der Waals surface area contributed by atoms with Gasteiger partial charge in [-0.05, 0) is 31.2 Å². The summed E-state index contributed by atoms with van der Waals surface area (Å²) in [5.74, 6) is -1.55. The van der Waals surface area contributed by atoms with Crippen molar-refractivity contribution in [3.05, 3.63) is 57.7 Å². The minimum Gasteiger partial charge on any atom is -0.318 e. The van der Waals surface area contributed by atoms with E-state index in [0.29, 0.717) is 8.99 Å². The summed E-state index contributed by atoms with van der Waals surface area (Å²) < 4.78 is 54.1. The molecule has 0 bridgehead atoms. The average molecular weight is 417 g/mol. The van der Waals surface area contributed by atoms with Crippen molar-refractivity contribution in [2.75, 3.05) is 5.32 Å². The molecule has 10 heteroatoms. The first-order valence-electron chi connectivity index (χ1n) is 6.86. The monoisotopic (exact) mass is 416 g/mol. The van der Waals surface area contributed by atoms with Crippen molar-refractivity contribution in [2.45, 2.75) is 13.1 Å². The first kappa shape index (κ1) is 17.3. The number of hydrogen-bond donors (Lipinski definition) is 1. The van der Waals surface area contributed by atoms with Crippen molar-refractivity contribution >= 4 is 33.2 Å². The number of amides is 1. The standard InChI is InChI=1S/C15H9BrF4N4O/c1-7-4-12(15(18,19)20)24-13(21-7)6-11(23-24)14(25)22-10-3-2-8(16)5-9(10)17/h2-6H,1H3,(H,22,25). The van der Waals surface area contributed by atoms with E-state index in [2.05, 4.69) is 31.3 Å². The van der Waals surface area contributed by atoms with E-state index in [-0.39, 0.29) is 22.7 Å². The van der Waals surface area contributed by atoms with Gasteiger partial charge in [0.25, 0.3) is 5.91 Å². The molecule has 2 heterocycles. The summed E-state index contributed by atoms with van der Waals surface area (Å²) in [5.41, 5.74) is -1.49. The molecule has 25 heavy (non-hydrogen) atoms. The number of anilines is 1. The van der Waals surface area contributed by atoms with Gasteiger partial charge in [-0.2, -0.15) is 18.3 Å². The largest absolute Gasteiger partial charge is 0.433 e. The molecule has 0 aliphatic rings. The van der Waals surface area contributed by atoms with Crippen molar-refractivity contribution in [1.29, 1.82) is 0 Å². The number of aromatic nitrogens is 3. The lowest BCUT2D eigenvalue weighted by Crippen LogP contribution is -2.16. The summed E-state index contributed by atoms with van der Waals surface area (Å²) in [5, 5.41) is 5.92. The summed E-state index contributed by atoms with van der Waals surface area (Å²) in [4.78, 5) is 16.1. The smallest absolute Gasteiger partial charge is 0.318 e. The molecule has 0 aliphatic heterocycles. The Kier molecular flexibility index (Phi) is 4.23. The van der Waals surface area contributed by atoms with E-state index < -0.39 is 23.6 Å². The maximum atomic E-state index is 13.8. The Morgan fingerprint density at radius 3 is 2.60 bits per heavy atom. The molecule has 0 saturated carbocycles. The summed E-state index contributed by atoms with van der Waals surface area (Å²) in [6.07, 6.45) is -4.66. The number of rotatable bonds is 2. The maximum absolute atomic E-state index is 13.8. The highest BCUT2D eigenvalue weighted by molar-refractivity contribution is 9.10. The SMILES string of the molecule is Cc1cc(C(F)(F)F)n2nc(C(=O)Nc3ccc(Br)cc3F)cc2n1. The lowest BCUT2D eigenvalue weighted by molar-refractivity contribution is -0.142. The van der Waals surface area contributed by atoms with Gasteiger partial charge in [-0.1, -0.05) is 15.9 Å². The fourth-order valence-electron chi connectivity index (χ4n) is 2.19. The first-order valence-corrected chi connectivity index (χ1v) is 7.65. The molecule has 0 saturated heterocycles. The second-order valence-corrected chi connectivity index (χ2v) is 6.07. The second kappa shape index (κ2) is 6.10. The van der Waals surface area contributed by atoms with Gasteiger partial charge in [0.1, 0.15) is 11.5 Å². The Labute approximate surface area is 146 Å². The zero-order valence-corrected chi connectivity index (χ0v) is 14.1. The fraction of sp³-hybridized carbons (Fsp3) is 0.133. The van der Waals surface area contributed by atoms with Crippen LogP contribution in [0.2, 0.25) is 0 Å². The van der Waals surface area contributed by atoms with Crippen LogP contribution in [-0.2, 0) is 6.18 Å². The quantitative estimate of drug-likeness (QED) is 0.636. The van der Waals surface area contributed by atoms with E-state index in [1.165, 1.54) is 19.1 Å². The molecule has 5 nitrogen and oxygen atoms in total. The number of alkyl halides is 3. The number of carbonyl (C=O) groups is 1. The zero-order chi connectivity index (χ0) is 18.4. The predicted molar refractivity (Wildman–Crippen MR) is 84.8 cm³/mol. The van der Waals surface area contributed by atoms with Crippen molar-refractivity contribution in [3.8, 4) is 0 Å². The Hall–Kier alpha value is -2.49. The van der Waals surface area contributed by atoms with Crippen molar-refractivity contribution in [3.63, 3.8) is 0 Å². The summed E-state index contributed by atoms with van der Waals surface area (Å²) in [7, 11) is 0. The van der Waals surface area contributed by atoms with E-state index in [1.807, 2.05) is 0 Å². The normalized spacial score (nSPS) is 11.8. The van der Waals surface area contributed by atoms with Crippen LogP contribution in [0.1, 0.15) is 21.9 Å². The molecule has 0 fully saturated rings. The molecule has 3 aromatic rings. The summed E-state index contributed by atoms with van der Waals surface area (Å²) in [6, 6.07) is 5.90. The number of fused-ring (bicyclic) bond motifs is 1. The fourth-order valence-corrected chi connectivity index (χ4v) is 2.52. The van der Waals surface area contributed by atoms with Gasteiger partial charge in [0, 0.05) is 16.2 Å². The van der Waals surface area contributed by atoms with Gasteiger partial charge in [0.2, 0.25) is 0 Å². The minimum absolute atomic E-state index is 0.120. The van der Waals surface area contributed by atoms with Gasteiger partial charge >= 0.3 is 6.18 Å². The molecular weight excluding hydrogens is 408 g/mol. The van der Waals surface area contributed by atoms with E-state index in [0.717, 1.165) is 18.2 Å². The van der Waals surface area contributed by atoms with Gasteiger partial charge < -0.3 is 5.32 Å². The molecular formula is C15H9BrF4N4O. The predicted octanol–water partition coefficient (Wildman–Crippen LogP) is 4.21. The van der Waals surface area contributed by atoms with Crippen LogP contribution in [-0.4, -0.2) is 20.5 Å². The maximum Gasteiger partial charge on any atom is 0.433 e. The van der Waals surface area contributed by atoms with Crippen molar-refractivity contribution < 1.29 is 22.4 Å². The number of hydrogen-bond acceptors (Lipinski definition) is 3. The van der Waals surface area contributed by atoms with Crippen LogP contribution in [0, 0.1) is 12.7 Å². The Bertz CT molecular complexity index is 984. The topological polar surface area (TPSA) is 59.3 Å². The van der Waals surface area contributed by atoms with Gasteiger partial charge in [0.15, 0.2) is 11.3 Å². The van der Waals surface area contributed by atoms with Crippen LogP contribution in [0.25, 0.3) is 5.65 Å². The highest BCUT2D eigenvalue weighted by Crippen LogP contribution is 2.30. The molecule has 2 aromatic heterocycles. The lowest BCUT2D eigenvalue weighted by Gasteiger charge is -2.09. The van der Waals surface area contributed by atoms with Crippen LogP contribution >= 0.6 is 15.9 Å². The van der Waals surface area contributed by atoms with Crippen LogP contribution in [0.3, 0.4) is 0 Å². The van der Waals surface area contributed by atoms with Gasteiger partial charge in [-0.15, -0.1) is 0 Å². The molecule has 1 N–H and O–H groups in total. The molecule has 130 valence electrons. The number of halogens is 5. The highest BCUT2D eigenvalue weighted by atomic mass is 79.9. The number of nitrogens with one attached hydrogen (secondary N) is 1. The third-order valence-electron chi connectivity index (χ3n) is 3.26. The molecule has 0 aliphatic carbocycles. The number of carbonyl (C=O) groups excluding carboxylic acids is 1. The highest BCUT2D eigenvalue weighted by Gasteiger charge is 2.35. The average Bonchev–Trinajstić information content (AvgIpc) is 2.92. The lowest BCUT2D eigenvalue weighted by atomic mass is 10.3. The minimum atomic E-state index is -4.66. The second-order valence-electron chi connectivity index (χ2n) is 5.16. The Balaban J connectivity index is 2.00. The number of nitrogens with zero attached hydrogens (tertiary/aromatic N) is 3. The number of aryl methyl sites for hydroxylation is 1. The van der Waals surface area contributed by atoms with Gasteiger partial charge in [0.05, 0.1) is 5.69 Å². The molecule has 0 atom stereocenters. The van der Waals surface area contributed by atoms with E-state index >= 15 is 0 Å². The van der Waals surface area contributed by atoms with Gasteiger partial charge in [-0.25, -0.2) is 13.9 Å². The third kappa shape index (κ3) is 3.48. The van der Waals surface area contributed by atoms with E-state index in [9.17, 15) is 22.4 Å². The molecule has 3 rings (SSSR count). The number of benzene rings is 1. The van der Waals surface area contributed by atoms with Crippen LogP contribution in [0.5, 0.6) is 0 Å². The van der Waals surface area contributed by atoms with Gasteiger partial charge in [-0.3, -0.25) is 4.79 Å². The van der Waals surface area contributed by atoms with E-state index in [1.54, 1.807) is 0 Å². The molecule has 0 spiro atoms. The zero-order valence-electron chi connectivity index (χ0n) is 12.5. The van der Waals surface area contributed by atoms with Crippen molar-refractivity contribution in [2.24, 2.45) is 0 Å². The van der Waals surface area contributed by atoms with Crippen LogP contribution in [0.4, 0.5) is 23.2 Å². The molecule has 1 amide bonds. The van der Waals surface area contributed by atoms with Crippen molar-refractivity contribution in [1.82, 2.24) is 14.6 Å². The van der Waals surface area contributed by atoms with Crippen LogP contribution < -0.4 is 5.32 Å². The Morgan fingerprint density at radius 1 is 1.24 bits per heavy atom. The van der Waals surface area contributed by atoms with Crippen LogP contribution in [0.15, 0.2) is 34.8 Å². The summed E-state index contributed by atoms with van der Waals surface area (Å²) in [6.45, 7) is 1.40. The third-order valence-corrected chi connectivity index (χ3v) is 3.75. The molecule has 0 radical (unpaired) electrons. The summed E-state index contributed by atoms with van der Waals surface area (Å²) >= 11 is 3.08. The first-order chi connectivity index (χ1) is 11.6. The molecule has 0 unspecified atom stereocenters. The van der Waals surface area contributed by atoms with E-state index in [4.69, 9.17) is 0 Å². The Morgan fingerprint density at radius 2 is 1.96 bits per heavy atom.